The van der Waals surface area contributed by atoms with Crippen LogP contribution in [0, 0.1) is 0 Å². The van der Waals surface area contributed by atoms with Gasteiger partial charge >= 0.3 is 0 Å². The highest BCUT2D eigenvalue weighted by molar-refractivity contribution is 7.17. The molecule has 0 bridgehead atoms. The van der Waals surface area contributed by atoms with Crippen molar-refractivity contribution in [3.63, 3.8) is 0 Å². The Balaban J connectivity index is 1.56. The second-order valence-corrected chi connectivity index (χ2v) is 6.58. The maximum absolute atomic E-state index is 11.4. The van der Waals surface area contributed by atoms with Crippen molar-refractivity contribution in [3.05, 3.63) is 71.4 Å². The summed E-state index contributed by atoms with van der Waals surface area (Å²) in [5.74, 6) is -0.518. The van der Waals surface area contributed by atoms with Crippen LogP contribution in [0.5, 0.6) is 0 Å². The molecule has 0 aliphatic heterocycles. The summed E-state index contributed by atoms with van der Waals surface area (Å²) in [5, 5.41) is 14.4. The van der Waals surface area contributed by atoms with E-state index in [0.717, 1.165) is 27.2 Å². The number of hydrogen-bond acceptors (Lipinski definition) is 5. The lowest BCUT2D eigenvalue weighted by molar-refractivity contribution is 0.0711. The van der Waals surface area contributed by atoms with Crippen LogP contribution < -0.4 is 5.48 Å². The molecule has 0 fully saturated rings. The number of rotatable bonds is 4. The molecular formula is C18H14N4O2S. The first-order valence-corrected chi connectivity index (χ1v) is 8.47. The number of para-hydroxylation sites is 1. The van der Waals surface area contributed by atoms with Gasteiger partial charge in [0.05, 0.1) is 27.5 Å². The third kappa shape index (κ3) is 3.15. The summed E-state index contributed by atoms with van der Waals surface area (Å²) in [6.07, 6.45) is 1.89. The van der Waals surface area contributed by atoms with E-state index in [2.05, 4.69) is 16.1 Å². The van der Waals surface area contributed by atoms with Crippen molar-refractivity contribution in [1.29, 1.82) is 0 Å². The summed E-state index contributed by atoms with van der Waals surface area (Å²) in [4.78, 5) is 17.4. The SMILES string of the molecule is O=C(NO)c1ccc(-c2ccn(Cc3ccc4ccccc4n3)n2)s1. The number of amides is 1. The van der Waals surface area contributed by atoms with Gasteiger partial charge in [-0.3, -0.25) is 19.7 Å². The topological polar surface area (TPSA) is 80.0 Å². The van der Waals surface area contributed by atoms with Crippen molar-refractivity contribution in [3.8, 4) is 10.6 Å². The van der Waals surface area contributed by atoms with E-state index in [-0.39, 0.29) is 0 Å². The van der Waals surface area contributed by atoms with Crippen LogP contribution in [0.3, 0.4) is 0 Å². The standard InChI is InChI=1S/C18H14N4O2S/c23-18(21-24)17-8-7-16(25-17)15-9-10-22(20-15)11-13-6-5-12-3-1-2-4-14(12)19-13/h1-10,24H,11H2,(H,21,23). The van der Waals surface area contributed by atoms with Crippen LogP contribution in [0.2, 0.25) is 0 Å². The molecule has 7 heteroatoms. The highest BCUT2D eigenvalue weighted by Gasteiger charge is 2.11. The predicted octanol–water partition coefficient (Wildman–Crippen LogP) is 3.33. The summed E-state index contributed by atoms with van der Waals surface area (Å²) in [5.41, 5.74) is 4.31. The molecule has 0 saturated heterocycles. The zero-order chi connectivity index (χ0) is 17.2. The molecule has 6 nitrogen and oxygen atoms in total. The largest absolute Gasteiger partial charge is 0.288 e. The summed E-state index contributed by atoms with van der Waals surface area (Å²) in [7, 11) is 0. The Kier molecular flexibility index (Phi) is 4.01. The Morgan fingerprint density at radius 2 is 2.00 bits per heavy atom. The van der Waals surface area contributed by atoms with Gasteiger partial charge in [-0.05, 0) is 30.3 Å². The third-order valence-electron chi connectivity index (χ3n) is 3.80. The van der Waals surface area contributed by atoms with Crippen LogP contribution >= 0.6 is 11.3 Å². The van der Waals surface area contributed by atoms with Crippen molar-refractivity contribution in [2.45, 2.75) is 6.54 Å². The van der Waals surface area contributed by atoms with Gasteiger partial charge in [0.2, 0.25) is 0 Å². The fourth-order valence-electron chi connectivity index (χ4n) is 2.60. The molecule has 1 amide bonds. The highest BCUT2D eigenvalue weighted by Crippen LogP contribution is 2.26. The quantitative estimate of drug-likeness (QED) is 0.437. The van der Waals surface area contributed by atoms with E-state index in [1.807, 2.05) is 53.3 Å². The summed E-state index contributed by atoms with van der Waals surface area (Å²) >= 11 is 1.28. The van der Waals surface area contributed by atoms with Gasteiger partial charge in [0.1, 0.15) is 5.69 Å². The average Bonchev–Trinajstić information content (AvgIpc) is 3.30. The third-order valence-corrected chi connectivity index (χ3v) is 4.91. The minimum Gasteiger partial charge on any atom is -0.288 e. The van der Waals surface area contributed by atoms with Crippen LogP contribution in [0.15, 0.2) is 60.8 Å². The fourth-order valence-corrected chi connectivity index (χ4v) is 3.46. The van der Waals surface area contributed by atoms with Crippen molar-refractivity contribution >= 4 is 28.1 Å². The molecule has 0 spiro atoms. The first-order valence-electron chi connectivity index (χ1n) is 7.66. The number of aromatic nitrogens is 3. The molecule has 2 N–H and O–H groups in total. The number of benzene rings is 1. The molecule has 4 rings (SSSR count). The molecule has 3 heterocycles. The lowest BCUT2D eigenvalue weighted by Crippen LogP contribution is -2.16. The molecule has 0 saturated carbocycles. The van der Waals surface area contributed by atoms with E-state index in [1.165, 1.54) is 11.3 Å². The van der Waals surface area contributed by atoms with Crippen LogP contribution in [0.1, 0.15) is 15.4 Å². The van der Waals surface area contributed by atoms with Crippen molar-refractivity contribution < 1.29 is 10.0 Å². The van der Waals surface area contributed by atoms with Gasteiger partial charge in [-0.1, -0.05) is 24.3 Å². The Labute approximate surface area is 147 Å². The Morgan fingerprint density at radius 1 is 1.12 bits per heavy atom. The number of carbonyl (C=O) groups excluding carboxylic acids is 1. The number of nitrogens with one attached hydrogen (secondary N) is 1. The predicted molar refractivity (Wildman–Crippen MR) is 95.6 cm³/mol. The second-order valence-electron chi connectivity index (χ2n) is 5.50. The molecule has 0 aliphatic carbocycles. The fraction of sp³-hybridized carbons (Fsp3) is 0.0556. The van der Waals surface area contributed by atoms with E-state index in [4.69, 9.17) is 5.21 Å². The molecule has 4 aromatic rings. The van der Waals surface area contributed by atoms with Gasteiger partial charge in [-0.25, -0.2) is 5.48 Å². The maximum atomic E-state index is 11.4. The van der Waals surface area contributed by atoms with Gasteiger partial charge < -0.3 is 0 Å². The molecule has 0 unspecified atom stereocenters. The molecule has 0 radical (unpaired) electrons. The van der Waals surface area contributed by atoms with Crippen LogP contribution in [0.25, 0.3) is 21.5 Å². The minimum atomic E-state index is -0.518. The molecule has 0 atom stereocenters. The van der Waals surface area contributed by atoms with E-state index in [1.54, 1.807) is 11.5 Å². The minimum absolute atomic E-state index is 0.434. The summed E-state index contributed by atoms with van der Waals surface area (Å²) < 4.78 is 1.82. The number of hydroxylamine groups is 1. The highest BCUT2D eigenvalue weighted by atomic mass is 32.1. The van der Waals surface area contributed by atoms with Crippen molar-refractivity contribution in [2.24, 2.45) is 0 Å². The zero-order valence-electron chi connectivity index (χ0n) is 13.1. The first kappa shape index (κ1) is 15.5. The van der Waals surface area contributed by atoms with Crippen molar-refractivity contribution in [2.75, 3.05) is 0 Å². The molecule has 124 valence electrons. The van der Waals surface area contributed by atoms with Crippen LogP contribution in [-0.2, 0) is 6.54 Å². The molecule has 25 heavy (non-hydrogen) atoms. The van der Waals surface area contributed by atoms with Gasteiger partial charge in [-0.15, -0.1) is 11.3 Å². The van der Waals surface area contributed by atoms with E-state index in [0.29, 0.717) is 11.4 Å². The van der Waals surface area contributed by atoms with Gasteiger partial charge in [0, 0.05) is 11.6 Å². The number of fused-ring (bicyclic) bond motifs is 1. The Morgan fingerprint density at radius 3 is 2.88 bits per heavy atom. The van der Waals surface area contributed by atoms with Crippen LogP contribution in [-0.4, -0.2) is 25.9 Å². The smallest absolute Gasteiger partial charge is 0.284 e. The lowest BCUT2D eigenvalue weighted by Gasteiger charge is -2.03. The lowest BCUT2D eigenvalue weighted by atomic mass is 10.2. The van der Waals surface area contributed by atoms with E-state index < -0.39 is 5.91 Å². The Hall–Kier alpha value is -3.03. The second kappa shape index (κ2) is 6.46. The first-order chi connectivity index (χ1) is 12.2. The average molecular weight is 350 g/mol. The molecule has 3 aromatic heterocycles. The molecule has 1 aromatic carbocycles. The normalized spacial score (nSPS) is 10.9. The number of carbonyl (C=O) groups is 1. The van der Waals surface area contributed by atoms with Gasteiger partial charge in [0.15, 0.2) is 0 Å². The van der Waals surface area contributed by atoms with E-state index in [9.17, 15) is 4.79 Å². The molecule has 0 aliphatic rings. The van der Waals surface area contributed by atoms with Crippen molar-refractivity contribution in [1.82, 2.24) is 20.2 Å². The maximum Gasteiger partial charge on any atom is 0.284 e. The molecular weight excluding hydrogens is 336 g/mol. The number of thiophene rings is 1. The van der Waals surface area contributed by atoms with Gasteiger partial charge in [-0.2, -0.15) is 5.10 Å². The number of hydrogen-bond donors (Lipinski definition) is 2. The zero-order valence-corrected chi connectivity index (χ0v) is 13.9. The number of pyridine rings is 1. The van der Waals surface area contributed by atoms with E-state index >= 15 is 0 Å². The Bertz CT molecular complexity index is 1050. The van der Waals surface area contributed by atoms with Crippen LogP contribution in [0.4, 0.5) is 0 Å². The monoisotopic (exact) mass is 350 g/mol. The summed E-state index contributed by atoms with van der Waals surface area (Å²) in [6, 6.07) is 17.4. The van der Waals surface area contributed by atoms with Gasteiger partial charge in [0.25, 0.3) is 5.91 Å². The summed E-state index contributed by atoms with van der Waals surface area (Å²) in [6.45, 7) is 0.570. The number of nitrogens with zero attached hydrogens (tertiary/aromatic N) is 3.